The molecule has 3 rings (SSSR count). The number of rotatable bonds is 10. The van der Waals surface area contributed by atoms with E-state index in [1.165, 1.54) is 0 Å². The van der Waals surface area contributed by atoms with Gasteiger partial charge in [0, 0.05) is 75.2 Å². The number of piperazine rings is 1. The van der Waals surface area contributed by atoms with Crippen LogP contribution in [0.5, 0.6) is 0 Å². The largest absolute Gasteiger partial charge is 0.336 e. The lowest BCUT2D eigenvalue weighted by Crippen LogP contribution is -2.49. The number of nitrogens with zero attached hydrogens (tertiary/aromatic N) is 4. The van der Waals surface area contributed by atoms with Gasteiger partial charge in [0.2, 0.25) is 0 Å². The third-order valence-corrected chi connectivity index (χ3v) is 6.92. The highest BCUT2D eigenvalue weighted by Crippen LogP contribution is 2.19. The molecule has 38 heavy (non-hydrogen) atoms. The molecule has 1 heterocycles. The normalized spacial score (nSPS) is 15.3. The Morgan fingerprint density at radius 1 is 1.00 bits per heavy atom. The van der Waals surface area contributed by atoms with Crippen molar-refractivity contribution < 1.29 is 9.59 Å². The van der Waals surface area contributed by atoms with Crippen molar-refractivity contribution >= 4 is 29.3 Å². The summed E-state index contributed by atoms with van der Waals surface area (Å²) in [6.45, 7) is 12.7. The van der Waals surface area contributed by atoms with Crippen molar-refractivity contribution in [1.29, 1.82) is 0 Å². The van der Waals surface area contributed by atoms with Crippen molar-refractivity contribution in [3.05, 3.63) is 65.7 Å². The quantitative estimate of drug-likeness (QED) is 0.453. The van der Waals surface area contributed by atoms with Crippen LogP contribution >= 0.6 is 0 Å². The second-order valence-electron chi connectivity index (χ2n) is 9.84. The van der Waals surface area contributed by atoms with Crippen molar-refractivity contribution in [2.24, 2.45) is 27.6 Å². The summed E-state index contributed by atoms with van der Waals surface area (Å²) < 4.78 is 0. The summed E-state index contributed by atoms with van der Waals surface area (Å²) in [6.07, 6.45) is 3.43. The Balaban J connectivity index is 0.000000391. The van der Waals surface area contributed by atoms with E-state index in [4.69, 9.17) is 5.73 Å². The first-order valence-electron chi connectivity index (χ1n) is 13.7. The number of ketones is 1. The summed E-state index contributed by atoms with van der Waals surface area (Å²) in [4.78, 5) is 36.9. The second-order valence-corrected chi connectivity index (χ2v) is 9.84. The predicted octanol–water partition coefficient (Wildman–Crippen LogP) is 4.87. The summed E-state index contributed by atoms with van der Waals surface area (Å²) in [5.74, 6) is 1.09. The lowest BCUT2D eigenvalue weighted by Gasteiger charge is -2.34. The van der Waals surface area contributed by atoms with Gasteiger partial charge in [-0.2, -0.15) is 0 Å². The molecule has 1 fully saturated rings. The van der Waals surface area contributed by atoms with Gasteiger partial charge in [-0.3, -0.25) is 24.5 Å². The fraction of sp³-hybridized carbons (Fsp3) is 0.484. The van der Waals surface area contributed by atoms with E-state index in [2.05, 4.69) is 28.7 Å². The van der Waals surface area contributed by atoms with Crippen LogP contribution in [-0.4, -0.2) is 79.7 Å². The maximum atomic E-state index is 12.5. The number of nitrogens with two attached hydrogens (primary N) is 1. The minimum Gasteiger partial charge on any atom is -0.336 e. The van der Waals surface area contributed by atoms with E-state index in [1.54, 1.807) is 7.05 Å². The number of amides is 1. The maximum Gasteiger partial charge on any atom is 0.253 e. The molecule has 0 radical (unpaired) electrons. The smallest absolute Gasteiger partial charge is 0.253 e. The molecular weight excluding hydrogens is 474 g/mol. The maximum absolute atomic E-state index is 12.5. The molecule has 206 valence electrons. The molecule has 2 aromatic rings. The van der Waals surface area contributed by atoms with Gasteiger partial charge < -0.3 is 10.6 Å². The molecule has 0 bridgehead atoms. The SMILES string of the molecule is CCC(=O)C(CCN)C(C)C.CN=C(C)c1ccccc1N=CCN1CCN(C(=O)c2ccccc2)CC1. The zero-order chi connectivity index (χ0) is 27.9. The van der Waals surface area contributed by atoms with Crippen LogP contribution in [0.1, 0.15) is 56.5 Å². The third kappa shape index (κ3) is 9.62. The van der Waals surface area contributed by atoms with Gasteiger partial charge in [0.15, 0.2) is 0 Å². The highest BCUT2D eigenvalue weighted by Gasteiger charge is 2.21. The molecule has 2 aromatic carbocycles. The molecular formula is C31H45N5O2. The van der Waals surface area contributed by atoms with Crippen molar-refractivity contribution in [3.8, 4) is 0 Å². The molecule has 0 spiro atoms. The highest BCUT2D eigenvalue weighted by atomic mass is 16.2. The zero-order valence-electron chi connectivity index (χ0n) is 23.8. The molecule has 0 aliphatic carbocycles. The molecule has 1 aliphatic rings. The summed E-state index contributed by atoms with van der Waals surface area (Å²) in [7, 11) is 1.80. The van der Waals surface area contributed by atoms with Crippen molar-refractivity contribution in [2.45, 2.75) is 40.5 Å². The molecule has 1 amide bonds. The summed E-state index contributed by atoms with van der Waals surface area (Å²) in [5, 5.41) is 0. The van der Waals surface area contributed by atoms with Gasteiger partial charge in [0.05, 0.1) is 5.69 Å². The number of para-hydroxylation sites is 1. The fourth-order valence-corrected chi connectivity index (χ4v) is 4.47. The zero-order valence-corrected chi connectivity index (χ0v) is 23.8. The van der Waals surface area contributed by atoms with Crippen LogP contribution in [-0.2, 0) is 4.79 Å². The first-order valence-corrected chi connectivity index (χ1v) is 13.7. The molecule has 1 aliphatic heterocycles. The number of benzene rings is 2. The van der Waals surface area contributed by atoms with Crippen molar-refractivity contribution in [3.63, 3.8) is 0 Å². The van der Waals surface area contributed by atoms with Crippen LogP contribution in [0.4, 0.5) is 5.69 Å². The summed E-state index contributed by atoms with van der Waals surface area (Å²) in [5.41, 5.74) is 9.16. The first-order chi connectivity index (χ1) is 18.3. The highest BCUT2D eigenvalue weighted by molar-refractivity contribution is 6.03. The molecule has 2 N–H and O–H groups in total. The van der Waals surface area contributed by atoms with E-state index in [9.17, 15) is 9.59 Å². The number of hydrogen-bond acceptors (Lipinski definition) is 6. The first kappa shape index (κ1) is 31.1. The van der Waals surface area contributed by atoms with Crippen molar-refractivity contribution in [1.82, 2.24) is 9.80 Å². The van der Waals surface area contributed by atoms with Crippen LogP contribution in [0.3, 0.4) is 0 Å². The molecule has 0 saturated carbocycles. The number of aliphatic imine (C=N–C) groups is 2. The monoisotopic (exact) mass is 519 g/mol. The van der Waals surface area contributed by atoms with Gasteiger partial charge >= 0.3 is 0 Å². The standard InChI is InChI=1S/C22H26N4O.C9H19NO/c1-18(23-2)20-10-6-7-11-21(20)24-12-13-25-14-16-26(17-15-25)22(27)19-8-4-3-5-9-19;1-4-9(11)8(5-6-10)7(2)3/h3-12H,13-17H2,1-2H3;7-8H,4-6,10H2,1-3H3. The average molecular weight is 520 g/mol. The van der Waals surface area contributed by atoms with Crippen molar-refractivity contribution in [2.75, 3.05) is 46.3 Å². The van der Waals surface area contributed by atoms with Gasteiger partial charge in [-0.1, -0.05) is 57.2 Å². The molecule has 7 nitrogen and oxygen atoms in total. The van der Waals surface area contributed by atoms with Crippen LogP contribution in [0.25, 0.3) is 0 Å². The Morgan fingerprint density at radius 2 is 1.63 bits per heavy atom. The topological polar surface area (TPSA) is 91.4 Å². The van der Waals surface area contributed by atoms with Gasteiger partial charge in [0.1, 0.15) is 5.78 Å². The van der Waals surface area contributed by atoms with E-state index >= 15 is 0 Å². The number of hydrogen-bond donors (Lipinski definition) is 1. The molecule has 0 aromatic heterocycles. The third-order valence-electron chi connectivity index (χ3n) is 6.92. The molecule has 7 heteroatoms. The number of Topliss-reactive ketones (excluding diaryl/α,β-unsaturated/α-hetero) is 1. The van der Waals surface area contributed by atoms with Gasteiger partial charge in [-0.05, 0) is 44.0 Å². The van der Waals surface area contributed by atoms with Crippen LogP contribution in [0.15, 0.2) is 64.6 Å². The molecule has 1 saturated heterocycles. The van der Waals surface area contributed by atoms with E-state index in [1.807, 2.05) is 79.6 Å². The summed E-state index contributed by atoms with van der Waals surface area (Å²) in [6, 6.07) is 17.5. The predicted molar refractivity (Wildman–Crippen MR) is 159 cm³/mol. The Labute approximate surface area is 228 Å². The molecule has 1 atom stereocenters. The minimum absolute atomic E-state index is 0.118. The Morgan fingerprint density at radius 3 is 2.21 bits per heavy atom. The Bertz CT molecular complexity index is 1060. The van der Waals surface area contributed by atoms with E-state index in [0.29, 0.717) is 24.7 Å². The number of carbonyl (C=O) groups is 2. The van der Waals surface area contributed by atoms with Gasteiger partial charge in [-0.25, -0.2) is 0 Å². The number of carbonyl (C=O) groups excluding carboxylic acids is 2. The van der Waals surface area contributed by atoms with E-state index < -0.39 is 0 Å². The lowest BCUT2D eigenvalue weighted by atomic mass is 9.87. The Hall–Kier alpha value is -3.16. The average Bonchev–Trinajstić information content (AvgIpc) is 2.96. The second kappa shape index (κ2) is 16.6. The minimum atomic E-state index is 0.118. The lowest BCUT2D eigenvalue weighted by molar-refractivity contribution is -0.124. The summed E-state index contributed by atoms with van der Waals surface area (Å²) >= 11 is 0. The van der Waals surface area contributed by atoms with E-state index in [0.717, 1.165) is 61.7 Å². The van der Waals surface area contributed by atoms with Gasteiger partial charge in [0.25, 0.3) is 5.91 Å². The van der Waals surface area contributed by atoms with E-state index in [-0.39, 0.29) is 11.8 Å². The van der Waals surface area contributed by atoms with Crippen LogP contribution in [0, 0.1) is 11.8 Å². The molecule has 1 unspecified atom stereocenters. The fourth-order valence-electron chi connectivity index (χ4n) is 4.47. The van der Waals surface area contributed by atoms with Gasteiger partial charge in [-0.15, -0.1) is 0 Å². The van der Waals surface area contributed by atoms with Crippen LogP contribution < -0.4 is 5.73 Å². The van der Waals surface area contributed by atoms with Crippen LogP contribution in [0.2, 0.25) is 0 Å². The Kier molecular flexibility index (Phi) is 13.6.